The van der Waals surface area contributed by atoms with Gasteiger partial charge in [-0.3, -0.25) is 33.7 Å². The highest BCUT2D eigenvalue weighted by molar-refractivity contribution is 7.13. The number of anilines is 1. The molecule has 17 heteroatoms. The van der Waals surface area contributed by atoms with Crippen LogP contribution in [0.3, 0.4) is 0 Å². The van der Waals surface area contributed by atoms with Crippen molar-refractivity contribution in [1.29, 1.82) is 0 Å². The van der Waals surface area contributed by atoms with Gasteiger partial charge in [-0.25, -0.2) is 4.98 Å². The number of likely N-dealkylation sites (tertiary alicyclic amines) is 1. The van der Waals surface area contributed by atoms with Gasteiger partial charge in [0.15, 0.2) is 0 Å². The lowest BCUT2D eigenvalue weighted by atomic mass is 9.85. The van der Waals surface area contributed by atoms with Gasteiger partial charge in [0.05, 0.1) is 59.2 Å². The van der Waals surface area contributed by atoms with E-state index >= 15 is 0 Å². The Morgan fingerprint density at radius 3 is 2.30 bits per heavy atom. The molecule has 3 aliphatic rings. The van der Waals surface area contributed by atoms with Crippen molar-refractivity contribution in [2.24, 2.45) is 16.9 Å². The molecular weight excluding hydrogens is 909 g/mol. The number of thiazole rings is 1. The highest BCUT2D eigenvalue weighted by atomic mass is 32.1. The van der Waals surface area contributed by atoms with Crippen molar-refractivity contribution in [3.63, 3.8) is 0 Å². The SMILES string of the molecule is Cc1ncsc1-c1ccc([C@H](C)NC(=O)[C@@H]2C[C@@H](O)CN2C(=O)[C@@H](NC(=O)CCCCc2ccc(COC[C@H](CCC(N)=O)NC(=O)[C@@H]3Cc4cccc5c4N3C(=O)[C@@H](N)CC5)cc2)C(C)(C)C)cc1. The summed E-state index contributed by atoms with van der Waals surface area (Å²) in [5.74, 6) is -2.13. The second-order valence-corrected chi connectivity index (χ2v) is 21.0. The Bertz CT molecular complexity index is 2520. The number of unbranched alkanes of at least 4 members (excludes halogenated alkanes) is 1. The number of benzene rings is 3. The maximum Gasteiger partial charge on any atom is 0.246 e. The molecule has 7 rings (SSSR count). The van der Waals surface area contributed by atoms with Crippen molar-refractivity contribution in [2.75, 3.05) is 18.1 Å². The van der Waals surface area contributed by atoms with E-state index in [9.17, 15) is 33.9 Å². The third-order valence-corrected chi connectivity index (χ3v) is 14.6. The van der Waals surface area contributed by atoms with E-state index in [1.54, 1.807) is 16.2 Å². The standard InChI is InChI=1S/C53H68N8O8S/c1-31(35-17-19-37(20-18-35)47-32(2)56-30-70-47)57-49(65)42-26-40(62)27-60(42)52(68)48(53(3,4)5)59-45(64)12-7-6-9-33-13-15-34(16-14-33)28-69-29-39(22-24-44(55)63)58-50(66)43-25-38-11-8-10-36-21-23-41(54)51(67)61(43)46(36)38/h8,10-11,13-20,30-31,39-43,48,62H,6-7,9,12,21-29,54H2,1-5H3,(H2,55,63)(H,57,65)(H,58,66)(H,59,64)/t31-,39-,40+,41-,42-,43-,48+/m0/s1. The number of hydrogen-bond donors (Lipinski definition) is 6. The summed E-state index contributed by atoms with van der Waals surface area (Å²) in [6.07, 6.45) is 3.34. The lowest BCUT2D eigenvalue weighted by Gasteiger charge is -2.35. The molecule has 1 saturated heterocycles. The van der Waals surface area contributed by atoms with Crippen LogP contribution in [0.25, 0.3) is 10.4 Å². The first-order chi connectivity index (χ1) is 33.4. The van der Waals surface area contributed by atoms with E-state index in [0.29, 0.717) is 25.7 Å². The van der Waals surface area contributed by atoms with Gasteiger partial charge < -0.3 is 42.2 Å². The van der Waals surface area contributed by atoms with Gasteiger partial charge in [0, 0.05) is 32.2 Å². The molecule has 0 aliphatic carbocycles. The van der Waals surface area contributed by atoms with E-state index in [0.717, 1.165) is 62.5 Å². The number of nitrogens with one attached hydrogen (secondary N) is 3. The number of ether oxygens (including phenoxy) is 1. The fourth-order valence-corrected chi connectivity index (χ4v) is 10.5. The minimum atomic E-state index is -0.914. The van der Waals surface area contributed by atoms with Crippen LogP contribution >= 0.6 is 11.3 Å². The van der Waals surface area contributed by atoms with Crippen LogP contribution in [0.4, 0.5) is 5.69 Å². The maximum atomic E-state index is 14.2. The number of aliphatic hydroxyl groups excluding tert-OH is 1. The van der Waals surface area contributed by atoms with E-state index in [-0.39, 0.29) is 75.1 Å². The quantitative estimate of drug-likeness (QED) is 0.0668. The maximum absolute atomic E-state index is 14.2. The highest BCUT2D eigenvalue weighted by Crippen LogP contribution is 2.39. The predicted octanol–water partition coefficient (Wildman–Crippen LogP) is 4.70. The van der Waals surface area contributed by atoms with Crippen LogP contribution in [0.15, 0.2) is 72.2 Å². The fourth-order valence-electron chi connectivity index (χ4n) is 9.66. The number of primary amides is 1. The van der Waals surface area contributed by atoms with Crippen molar-refractivity contribution < 1.29 is 38.6 Å². The number of aliphatic hydroxyl groups is 1. The number of hydrogen-bond acceptors (Lipinski definition) is 11. The number of amides is 6. The summed E-state index contributed by atoms with van der Waals surface area (Å²) < 4.78 is 6.05. The van der Waals surface area contributed by atoms with Crippen molar-refractivity contribution in [3.8, 4) is 10.4 Å². The molecule has 1 aromatic heterocycles. The third kappa shape index (κ3) is 12.7. The largest absolute Gasteiger partial charge is 0.391 e. The molecule has 0 spiro atoms. The topological polar surface area (TPSA) is 239 Å². The molecule has 0 radical (unpaired) electrons. The van der Waals surface area contributed by atoms with E-state index in [4.69, 9.17) is 16.2 Å². The first kappa shape index (κ1) is 51.8. The Morgan fingerprint density at radius 1 is 0.914 bits per heavy atom. The number of nitrogens with two attached hydrogens (primary N) is 2. The lowest BCUT2D eigenvalue weighted by molar-refractivity contribution is -0.144. The highest BCUT2D eigenvalue weighted by Gasteiger charge is 2.45. The Hall–Kier alpha value is -6.01. The van der Waals surface area contributed by atoms with Crippen LogP contribution < -0.4 is 32.3 Å². The second kappa shape index (κ2) is 22.8. The number of aromatic nitrogens is 1. The van der Waals surface area contributed by atoms with E-state index in [1.165, 1.54) is 4.90 Å². The van der Waals surface area contributed by atoms with Gasteiger partial charge >= 0.3 is 0 Å². The number of nitrogens with zero attached hydrogens (tertiary/aromatic N) is 3. The average molecular weight is 977 g/mol. The molecule has 4 aromatic rings. The summed E-state index contributed by atoms with van der Waals surface area (Å²) >= 11 is 1.57. The first-order valence-electron chi connectivity index (χ1n) is 24.4. The zero-order chi connectivity index (χ0) is 50.3. The van der Waals surface area contributed by atoms with Crippen LogP contribution in [0.1, 0.15) is 112 Å². The van der Waals surface area contributed by atoms with E-state index < -0.39 is 53.5 Å². The molecule has 3 aromatic carbocycles. The Labute approximate surface area is 414 Å². The molecule has 16 nitrogen and oxygen atoms in total. The zero-order valence-electron chi connectivity index (χ0n) is 40.9. The number of rotatable bonds is 20. The summed E-state index contributed by atoms with van der Waals surface area (Å²) in [7, 11) is 0. The van der Waals surface area contributed by atoms with Gasteiger partial charge in [-0.1, -0.05) is 87.5 Å². The van der Waals surface area contributed by atoms with Gasteiger partial charge in [0.2, 0.25) is 35.4 Å². The molecular formula is C53H68N8O8S. The molecule has 0 bridgehead atoms. The van der Waals surface area contributed by atoms with Crippen molar-refractivity contribution in [1.82, 2.24) is 25.8 Å². The molecule has 70 heavy (non-hydrogen) atoms. The molecule has 4 heterocycles. The number of carbonyl (C=O) groups is 6. The van der Waals surface area contributed by atoms with Crippen LogP contribution in [0.5, 0.6) is 0 Å². The Balaban J connectivity index is 0.855. The number of β-amino-alcohol motifs (C(OH)–C–C–N with tert-alkyl or cyclic N) is 1. The van der Waals surface area contributed by atoms with Gasteiger partial charge in [-0.15, -0.1) is 11.3 Å². The van der Waals surface area contributed by atoms with Crippen LogP contribution in [-0.4, -0.2) is 99.9 Å². The molecule has 374 valence electrons. The lowest BCUT2D eigenvalue weighted by Crippen LogP contribution is -2.57. The molecule has 8 N–H and O–H groups in total. The van der Waals surface area contributed by atoms with E-state index in [2.05, 4.69) is 20.9 Å². The summed E-state index contributed by atoms with van der Waals surface area (Å²) in [5, 5.41) is 19.7. The number of para-hydroxylation sites is 1. The second-order valence-electron chi connectivity index (χ2n) is 20.1. The van der Waals surface area contributed by atoms with Gasteiger partial charge in [0.1, 0.15) is 18.1 Å². The van der Waals surface area contributed by atoms with Crippen molar-refractivity contribution in [2.45, 2.75) is 148 Å². The third-order valence-electron chi connectivity index (χ3n) is 13.6. The minimum absolute atomic E-state index is 0.00645. The van der Waals surface area contributed by atoms with E-state index in [1.807, 2.05) is 107 Å². The van der Waals surface area contributed by atoms with Gasteiger partial charge in [0.25, 0.3) is 0 Å². The Morgan fingerprint density at radius 2 is 1.61 bits per heavy atom. The molecule has 0 saturated carbocycles. The van der Waals surface area contributed by atoms with Crippen molar-refractivity contribution in [3.05, 3.63) is 106 Å². The monoisotopic (exact) mass is 976 g/mol. The summed E-state index contributed by atoms with van der Waals surface area (Å²) in [6, 6.07) is 17.6. The average Bonchev–Trinajstić information content (AvgIpc) is 4.04. The molecule has 6 amide bonds. The molecule has 3 aliphatic heterocycles. The van der Waals surface area contributed by atoms with Crippen LogP contribution in [0, 0.1) is 12.3 Å². The van der Waals surface area contributed by atoms with Gasteiger partial charge in [-0.05, 0) is 91.2 Å². The number of carbonyl (C=O) groups excluding carboxylic acids is 6. The molecule has 0 unspecified atom stereocenters. The molecule has 1 fully saturated rings. The molecule has 7 atom stereocenters. The van der Waals surface area contributed by atoms with Crippen LogP contribution in [-0.2, 0) is 59.4 Å². The smallest absolute Gasteiger partial charge is 0.246 e. The van der Waals surface area contributed by atoms with Crippen molar-refractivity contribution >= 4 is 52.5 Å². The minimum Gasteiger partial charge on any atom is -0.391 e. The van der Waals surface area contributed by atoms with Gasteiger partial charge in [-0.2, -0.15) is 0 Å². The number of aryl methyl sites for hydroxylation is 3. The Kier molecular flexibility index (Phi) is 16.9. The summed E-state index contributed by atoms with van der Waals surface area (Å²) in [6.45, 7) is 9.84. The normalized spacial score (nSPS) is 20.0. The predicted molar refractivity (Wildman–Crippen MR) is 268 cm³/mol. The van der Waals surface area contributed by atoms with Crippen LogP contribution in [0.2, 0.25) is 0 Å². The zero-order valence-corrected chi connectivity index (χ0v) is 41.7. The summed E-state index contributed by atoms with van der Waals surface area (Å²) in [4.78, 5) is 88.5. The summed E-state index contributed by atoms with van der Waals surface area (Å²) in [5.41, 5.74) is 20.5. The fraction of sp³-hybridized carbons (Fsp3) is 0.491. The first-order valence-corrected chi connectivity index (χ1v) is 25.3.